The lowest BCUT2D eigenvalue weighted by atomic mass is 10.1. The molecule has 2 aromatic rings. The van der Waals surface area contributed by atoms with E-state index in [1.165, 1.54) is 6.20 Å². The van der Waals surface area contributed by atoms with E-state index in [1.807, 2.05) is 0 Å². The normalized spacial score (nSPS) is 10.5. The molecule has 4 nitrogen and oxygen atoms in total. The topological polar surface area (TPSA) is 56.0 Å². The van der Waals surface area contributed by atoms with Crippen LogP contribution in [0, 0.1) is 10.1 Å². The molecule has 0 atom stereocenters. The highest BCUT2D eigenvalue weighted by molar-refractivity contribution is 9.11. The fourth-order valence-electron chi connectivity index (χ4n) is 1.36. The second-order valence-electron chi connectivity index (χ2n) is 2.85. The summed E-state index contributed by atoms with van der Waals surface area (Å²) in [4.78, 5) is 14.5. The minimum atomic E-state index is -0.404. The number of nitro groups is 1. The molecule has 0 aliphatic heterocycles. The summed E-state index contributed by atoms with van der Waals surface area (Å²) in [6.07, 6.45) is 1.53. The third kappa shape index (κ3) is 1.74. The molecule has 0 aliphatic carbocycles. The van der Waals surface area contributed by atoms with Crippen LogP contribution in [-0.4, -0.2) is 9.91 Å². The zero-order valence-corrected chi connectivity index (χ0v) is 10.4. The molecule has 15 heavy (non-hydrogen) atoms. The van der Waals surface area contributed by atoms with Crippen molar-refractivity contribution in [3.8, 4) is 0 Å². The number of hydrogen-bond donors (Lipinski definition) is 0. The summed E-state index contributed by atoms with van der Waals surface area (Å²) in [5.41, 5.74) is 0.0654. The number of fused-ring (bicyclic) bond motifs is 1. The number of halogens is 2. The van der Waals surface area contributed by atoms with Gasteiger partial charge in [0.2, 0.25) is 0 Å². The Labute approximate surface area is 102 Å². The first-order valence-corrected chi connectivity index (χ1v) is 5.57. The highest BCUT2D eigenvalue weighted by Crippen LogP contribution is 2.35. The number of nitrogens with zero attached hydrogens (tertiary/aromatic N) is 2. The maximum absolute atomic E-state index is 10.9. The van der Waals surface area contributed by atoms with Crippen LogP contribution in [-0.2, 0) is 0 Å². The van der Waals surface area contributed by atoms with E-state index in [1.54, 1.807) is 18.2 Å². The number of pyridine rings is 1. The summed E-state index contributed by atoms with van der Waals surface area (Å²) >= 11 is 6.42. The van der Waals surface area contributed by atoms with Crippen molar-refractivity contribution in [3.05, 3.63) is 43.6 Å². The number of nitro benzene ring substituents is 1. The molecule has 0 saturated heterocycles. The van der Waals surface area contributed by atoms with Gasteiger partial charge in [-0.3, -0.25) is 10.1 Å². The van der Waals surface area contributed by atoms with Crippen LogP contribution in [0.1, 0.15) is 0 Å². The Kier molecular flexibility index (Phi) is 2.70. The van der Waals surface area contributed by atoms with Gasteiger partial charge in [-0.1, -0.05) is 6.07 Å². The largest absolute Gasteiger partial charge is 0.291 e. The van der Waals surface area contributed by atoms with Gasteiger partial charge < -0.3 is 0 Å². The maximum atomic E-state index is 10.9. The second kappa shape index (κ2) is 3.86. The van der Waals surface area contributed by atoms with Crippen molar-refractivity contribution in [2.24, 2.45) is 0 Å². The minimum Gasteiger partial charge on any atom is -0.258 e. The molecule has 0 fully saturated rings. The molecule has 0 aliphatic rings. The lowest BCUT2D eigenvalue weighted by molar-refractivity contribution is -0.383. The van der Waals surface area contributed by atoms with Crippen LogP contribution < -0.4 is 0 Å². The highest BCUT2D eigenvalue weighted by Gasteiger charge is 2.17. The van der Waals surface area contributed by atoms with Gasteiger partial charge in [-0.2, -0.15) is 0 Å². The van der Waals surface area contributed by atoms with Crippen molar-refractivity contribution in [3.63, 3.8) is 0 Å². The Bertz CT molecular complexity index is 557. The van der Waals surface area contributed by atoms with Crippen molar-refractivity contribution in [2.45, 2.75) is 0 Å². The molecule has 1 aromatic carbocycles. The van der Waals surface area contributed by atoms with Gasteiger partial charge in [0, 0.05) is 11.6 Å². The van der Waals surface area contributed by atoms with Gasteiger partial charge in [-0.15, -0.1) is 0 Å². The summed E-state index contributed by atoms with van der Waals surface area (Å²) in [5, 5.41) is 12.2. The summed E-state index contributed by atoms with van der Waals surface area (Å²) in [5.74, 6) is 0. The van der Waals surface area contributed by atoms with Crippen LogP contribution in [0.15, 0.2) is 33.5 Å². The monoisotopic (exact) mass is 330 g/mol. The Hall–Kier alpha value is -1.01. The average Bonchev–Trinajstić information content (AvgIpc) is 2.17. The van der Waals surface area contributed by atoms with E-state index in [-0.39, 0.29) is 5.69 Å². The second-order valence-corrected chi connectivity index (χ2v) is 4.46. The maximum Gasteiger partial charge on any atom is 0.291 e. The van der Waals surface area contributed by atoms with Crippen LogP contribution in [0.5, 0.6) is 0 Å². The van der Waals surface area contributed by atoms with Crippen molar-refractivity contribution in [2.75, 3.05) is 0 Å². The Morgan fingerprint density at radius 2 is 1.93 bits per heavy atom. The number of rotatable bonds is 1. The van der Waals surface area contributed by atoms with Crippen molar-refractivity contribution < 1.29 is 4.92 Å². The van der Waals surface area contributed by atoms with Gasteiger partial charge in [0.1, 0.15) is 4.60 Å². The van der Waals surface area contributed by atoms with E-state index in [2.05, 4.69) is 36.8 Å². The Morgan fingerprint density at radius 1 is 1.20 bits per heavy atom. The fourth-order valence-corrected chi connectivity index (χ4v) is 2.32. The number of hydrogen-bond acceptors (Lipinski definition) is 3. The third-order valence-electron chi connectivity index (χ3n) is 2.00. The van der Waals surface area contributed by atoms with Gasteiger partial charge in [0.15, 0.2) is 0 Å². The molecular weight excluding hydrogens is 328 g/mol. The smallest absolute Gasteiger partial charge is 0.258 e. The van der Waals surface area contributed by atoms with Crippen LogP contribution >= 0.6 is 31.9 Å². The molecule has 0 saturated carbocycles. The first-order chi connectivity index (χ1) is 7.11. The van der Waals surface area contributed by atoms with Gasteiger partial charge >= 0.3 is 0 Å². The van der Waals surface area contributed by atoms with Gasteiger partial charge in [-0.05, 0) is 44.0 Å². The summed E-state index contributed by atoms with van der Waals surface area (Å²) < 4.78 is 1.08. The molecule has 0 amide bonds. The average molecular weight is 332 g/mol. The lowest BCUT2D eigenvalue weighted by Gasteiger charge is -2.02. The Balaban J connectivity index is 2.94. The van der Waals surface area contributed by atoms with Crippen LogP contribution in [0.3, 0.4) is 0 Å². The van der Waals surface area contributed by atoms with Crippen molar-refractivity contribution in [1.29, 1.82) is 0 Å². The zero-order chi connectivity index (χ0) is 11.0. The zero-order valence-electron chi connectivity index (χ0n) is 7.28. The fraction of sp³-hybridized carbons (Fsp3) is 0. The molecule has 1 aromatic heterocycles. The van der Waals surface area contributed by atoms with Crippen LogP contribution in [0.4, 0.5) is 5.69 Å². The summed E-state index contributed by atoms with van der Waals surface area (Å²) in [6.45, 7) is 0. The molecule has 2 rings (SSSR count). The van der Waals surface area contributed by atoms with Crippen LogP contribution in [0.25, 0.3) is 10.8 Å². The SMILES string of the molecule is O=[N+]([O-])c1c(Br)ccc2c(Br)nccc12. The van der Waals surface area contributed by atoms with Crippen molar-refractivity contribution in [1.82, 2.24) is 4.98 Å². The third-order valence-corrected chi connectivity index (χ3v) is 3.27. The molecule has 76 valence electrons. The van der Waals surface area contributed by atoms with E-state index in [9.17, 15) is 10.1 Å². The van der Waals surface area contributed by atoms with E-state index in [0.717, 1.165) is 5.39 Å². The van der Waals surface area contributed by atoms with Gasteiger partial charge in [0.05, 0.1) is 14.8 Å². The molecule has 0 radical (unpaired) electrons. The molecule has 6 heteroatoms. The van der Waals surface area contributed by atoms with E-state index < -0.39 is 4.92 Å². The van der Waals surface area contributed by atoms with E-state index >= 15 is 0 Å². The molecule has 0 bridgehead atoms. The predicted octanol–water partition coefficient (Wildman–Crippen LogP) is 3.67. The quantitative estimate of drug-likeness (QED) is 0.455. The minimum absolute atomic E-state index is 0.0654. The van der Waals surface area contributed by atoms with Gasteiger partial charge in [-0.25, -0.2) is 4.98 Å². The van der Waals surface area contributed by atoms with Gasteiger partial charge in [0.25, 0.3) is 5.69 Å². The molecule has 0 unspecified atom stereocenters. The van der Waals surface area contributed by atoms with Crippen molar-refractivity contribution >= 4 is 48.3 Å². The summed E-state index contributed by atoms with van der Waals surface area (Å²) in [6, 6.07) is 5.05. The Morgan fingerprint density at radius 3 is 2.60 bits per heavy atom. The summed E-state index contributed by atoms with van der Waals surface area (Å²) in [7, 11) is 0. The predicted molar refractivity (Wildman–Crippen MR) is 63.8 cm³/mol. The molecular formula is C9H4Br2N2O2. The van der Waals surface area contributed by atoms with E-state index in [4.69, 9.17) is 0 Å². The molecule has 1 heterocycles. The van der Waals surface area contributed by atoms with Crippen LogP contribution in [0.2, 0.25) is 0 Å². The highest BCUT2D eigenvalue weighted by atomic mass is 79.9. The molecule has 0 N–H and O–H groups in total. The number of benzene rings is 1. The standard InChI is InChI=1S/C9H4Br2N2O2/c10-7-2-1-6-5(8(7)13(14)15)3-4-12-9(6)11/h1-4H. The first kappa shape index (κ1) is 10.5. The molecule has 0 spiro atoms. The first-order valence-electron chi connectivity index (χ1n) is 3.98. The lowest BCUT2D eigenvalue weighted by Crippen LogP contribution is -1.92. The number of aromatic nitrogens is 1. The van der Waals surface area contributed by atoms with E-state index in [0.29, 0.717) is 14.5 Å².